The van der Waals surface area contributed by atoms with E-state index in [1.165, 1.54) is 11.8 Å². The van der Waals surface area contributed by atoms with E-state index < -0.39 is 35.6 Å². The van der Waals surface area contributed by atoms with Crippen molar-refractivity contribution in [2.24, 2.45) is 0 Å². The first kappa shape index (κ1) is 21.1. The molecule has 0 spiro atoms. The fourth-order valence-corrected chi connectivity index (χ4v) is 3.02. The molecule has 0 saturated carbocycles. The van der Waals surface area contributed by atoms with Crippen LogP contribution in [0.2, 0.25) is 0 Å². The molecular weight excluding hydrogens is 392 g/mol. The van der Waals surface area contributed by atoms with E-state index in [9.17, 15) is 14.4 Å². The van der Waals surface area contributed by atoms with E-state index in [2.05, 4.69) is 36.2 Å². The van der Waals surface area contributed by atoms with Gasteiger partial charge in [0.25, 0.3) is 5.91 Å². The lowest BCUT2D eigenvalue weighted by atomic mass is 10.1. The molecule has 160 valence electrons. The predicted octanol–water partition coefficient (Wildman–Crippen LogP) is 0.0820. The Morgan fingerprint density at radius 1 is 1.37 bits per heavy atom. The molecule has 3 amide bonds. The number of tetrazole rings is 1. The fraction of sp³-hybridized carbons (Fsp3) is 0.500. The van der Waals surface area contributed by atoms with Crippen molar-refractivity contribution in [1.29, 1.82) is 0 Å². The molecule has 0 fully saturated rings. The highest BCUT2D eigenvalue weighted by molar-refractivity contribution is 6.05. The number of carbonyl (C=O) groups is 3. The zero-order chi connectivity index (χ0) is 21.9. The Balaban J connectivity index is 1.74. The highest BCUT2D eigenvalue weighted by atomic mass is 16.6. The number of aromatic nitrogens is 5. The summed E-state index contributed by atoms with van der Waals surface area (Å²) in [5.74, 6) is -0.163. The van der Waals surface area contributed by atoms with E-state index in [4.69, 9.17) is 4.74 Å². The first-order valence-corrected chi connectivity index (χ1v) is 9.42. The fourth-order valence-electron chi connectivity index (χ4n) is 3.02. The number of pyridine rings is 1. The van der Waals surface area contributed by atoms with E-state index in [0.717, 1.165) is 5.56 Å². The Hall–Kier alpha value is -3.57. The lowest BCUT2D eigenvalue weighted by Gasteiger charge is -2.27. The monoisotopic (exact) mass is 416 g/mol. The van der Waals surface area contributed by atoms with Gasteiger partial charge in [-0.15, -0.1) is 10.2 Å². The zero-order valence-electron chi connectivity index (χ0n) is 17.2. The zero-order valence-corrected chi connectivity index (χ0v) is 17.2. The number of anilines is 1. The molecule has 2 aromatic rings. The smallest absolute Gasteiger partial charge is 0.408 e. The minimum Gasteiger partial charge on any atom is -0.444 e. The molecule has 0 radical (unpaired) electrons. The van der Waals surface area contributed by atoms with Crippen molar-refractivity contribution in [1.82, 2.24) is 36.2 Å². The Morgan fingerprint density at radius 2 is 2.13 bits per heavy atom. The Bertz CT molecular complexity index is 925. The molecular formula is C18H24N8O4. The number of rotatable bonds is 5. The number of hydrogen-bond acceptors (Lipinski definition) is 8. The topological polar surface area (TPSA) is 155 Å². The summed E-state index contributed by atoms with van der Waals surface area (Å²) in [6.45, 7) is 6.77. The largest absolute Gasteiger partial charge is 0.444 e. The summed E-state index contributed by atoms with van der Waals surface area (Å²) in [7, 11) is 0. The van der Waals surface area contributed by atoms with Gasteiger partial charge in [0.2, 0.25) is 5.91 Å². The van der Waals surface area contributed by atoms with Crippen molar-refractivity contribution in [2.75, 3.05) is 4.90 Å². The first-order valence-electron chi connectivity index (χ1n) is 9.42. The number of alkyl carbamates (subject to hydrolysis) is 1. The number of aromatic amines is 1. The molecule has 30 heavy (non-hydrogen) atoms. The van der Waals surface area contributed by atoms with Crippen LogP contribution >= 0.6 is 0 Å². The van der Waals surface area contributed by atoms with Crippen LogP contribution < -0.4 is 15.5 Å². The van der Waals surface area contributed by atoms with Crippen LogP contribution in [0.25, 0.3) is 0 Å². The van der Waals surface area contributed by atoms with Crippen molar-refractivity contribution in [3.05, 3.63) is 29.7 Å². The van der Waals surface area contributed by atoms with E-state index in [1.54, 1.807) is 39.1 Å². The number of nitrogens with zero attached hydrogens (tertiary/aromatic N) is 5. The molecule has 3 N–H and O–H groups in total. The number of hydrogen-bond donors (Lipinski definition) is 3. The highest BCUT2D eigenvalue weighted by Gasteiger charge is 2.41. The summed E-state index contributed by atoms with van der Waals surface area (Å²) < 4.78 is 5.21. The second-order valence-corrected chi connectivity index (χ2v) is 7.83. The van der Waals surface area contributed by atoms with Crippen molar-refractivity contribution in [3.8, 4) is 0 Å². The van der Waals surface area contributed by atoms with Gasteiger partial charge in [0.15, 0.2) is 5.82 Å². The van der Waals surface area contributed by atoms with Crippen molar-refractivity contribution >= 4 is 23.7 Å². The first-order chi connectivity index (χ1) is 14.2. The second-order valence-electron chi connectivity index (χ2n) is 7.83. The number of carbonyl (C=O) groups excluding carboxylic acids is 3. The maximum atomic E-state index is 13.2. The van der Waals surface area contributed by atoms with Gasteiger partial charge in [0.05, 0.1) is 6.54 Å². The van der Waals surface area contributed by atoms with E-state index in [0.29, 0.717) is 18.1 Å². The SMILES string of the molecule is C[C@H](NC(=O)OC(C)(C)C)C(=O)N1c2ncccc2C[C@H]1C(=O)NCc1nn[nH]n1. The maximum Gasteiger partial charge on any atom is 0.408 e. The summed E-state index contributed by atoms with van der Waals surface area (Å²) in [6, 6.07) is 1.79. The standard InChI is InChI=1S/C18H24N8O4/c1-10(21-17(29)30-18(2,3)4)16(28)26-12(8-11-6-5-7-19-14(11)26)15(27)20-9-13-22-24-25-23-13/h5-7,10,12H,8-9H2,1-4H3,(H,20,27)(H,21,29)(H,22,23,24,25)/t10-,12-/m0/s1. The molecule has 0 unspecified atom stereocenters. The van der Waals surface area contributed by atoms with Crippen LogP contribution in [-0.2, 0) is 27.3 Å². The number of fused-ring (bicyclic) bond motifs is 1. The molecule has 12 nitrogen and oxygen atoms in total. The summed E-state index contributed by atoms with van der Waals surface area (Å²) >= 11 is 0. The van der Waals surface area contributed by atoms with Gasteiger partial charge in [-0.3, -0.25) is 14.5 Å². The third kappa shape index (κ3) is 4.88. The molecule has 2 atom stereocenters. The molecule has 12 heteroatoms. The molecule has 1 aliphatic rings. The van der Waals surface area contributed by atoms with Crippen molar-refractivity contribution < 1.29 is 19.1 Å². The number of nitrogens with one attached hydrogen (secondary N) is 3. The van der Waals surface area contributed by atoms with Crippen molar-refractivity contribution in [2.45, 2.75) is 58.3 Å². The third-order valence-corrected chi connectivity index (χ3v) is 4.27. The molecule has 0 saturated heterocycles. The predicted molar refractivity (Wildman–Crippen MR) is 104 cm³/mol. The normalized spacial score (nSPS) is 16.5. The second kappa shape index (κ2) is 8.43. The van der Waals surface area contributed by atoms with Gasteiger partial charge in [0, 0.05) is 12.6 Å². The third-order valence-electron chi connectivity index (χ3n) is 4.27. The summed E-state index contributed by atoms with van der Waals surface area (Å²) in [5.41, 5.74) is 0.0571. The van der Waals surface area contributed by atoms with Gasteiger partial charge < -0.3 is 15.4 Å². The number of ether oxygens (including phenoxy) is 1. The molecule has 3 heterocycles. The number of H-pyrrole nitrogens is 1. The van der Waals surface area contributed by atoms with Gasteiger partial charge in [0.1, 0.15) is 23.5 Å². The molecule has 2 aromatic heterocycles. The lowest BCUT2D eigenvalue weighted by Crippen LogP contribution is -2.54. The number of amides is 3. The minimum atomic E-state index is -0.930. The van der Waals surface area contributed by atoms with Crippen LogP contribution in [0.1, 0.15) is 39.1 Å². The average Bonchev–Trinajstić information content (AvgIpc) is 3.31. The molecule has 3 rings (SSSR count). The maximum absolute atomic E-state index is 13.2. The summed E-state index contributed by atoms with van der Waals surface area (Å²) in [6.07, 6.45) is 1.12. The Kier molecular flexibility index (Phi) is 5.94. The molecule has 0 aliphatic carbocycles. The minimum absolute atomic E-state index is 0.0589. The van der Waals surface area contributed by atoms with E-state index >= 15 is 0 Å². The van der Waals surface area contributed by atoms with Crippen LogP contribution in [0.4, 0.5) is 10.6 Å². The van der Waals surface area contributed by atoms with Gasteiger partial charge >= 0.3 is 6.09 Å². The summed E-state index contributed by atoms with van der Waals surface area (Å²) in [5, 5.41) is 18.5. The molecule has 0 aromatic carbocycles. The molecule has 1 aliphatic heterocycles. The Morgan fingerprint density at radius 3 is 2.80 bits per heavy atom. The van der Waals surface area contributed by atoms with E-state index in [1.807, 2.05) is 0 Å². The van der Waals surface area contributed by atoms with Gasteiger partial charge in [-0.25, -0.2) is 9.78 Å². The quantitative estimate of drug-likeness (QED) is 0.619. The van der Waals surface area contributed by atoms with Gasteiger partial charge in [-0.1, -0.05) is 11.3 Å². The van der Waals surface area contributed by atoms with Crippen molar-refractivity contribution in [3.63, 3.8) is 0 Å². The van der Waals surface area contributed by atoms with Crippen LogP contribution in [0, 0.1) is 0 Å². The average molecular weight is 416 g/mol. The lowest BCUT2D eigenvalue weighted by molar-refractivity contribution is -0.127. The van der Waals surface area contributed by atoms with Crippen LogP contribution in [-0.4, -0.2) is 61.2 Å². The Labute approximate surface area is 172 Å². The highest BCUT2D eigenvalue weighted by Crippen LogP contribution is 2.30. The van der Waals surface area contributed by atoms with Crippen LogP contribution in [0.15, 0.2) is 18.3 Å². The van der Waals surface area contributed by atoms with Gasteiger partial charge in [-0.05, 0) is 39.3 Å². The van der Waals surface area contributed by atoms with Crippen LogP contribution in [0.5, 0.6) is 0 Å². The molecule has 0 bridgehead atoms. The van der Waals surface area contributed by atoms with E-state index in [-0.39, 0.29) is 6.54 Å². The van der Waals surface area contributed by atoms with Gasteiger partial charge in [-0.2, -0.15) is 5.21 Å². The van der Waals surface area contributed by atoms with Crippen LogP contribution in [0.3, 0.4) is 0 Å². The summed E-state index contributed by atoms with van der Waals surface area (Å²) in [4.78, 5) is 43.6.